The molecule has 94 valence electrons. The number of anilines is 1. The van der Waals surface area contributed by atoms with Crippen LogP contribution >= 0.6 is 0 Å². The van der Waals surface area contributed by atoms with Crippen molar-refractivity contribution in [1.29, 1.82) is 0 Å². The lowest BCUT2D eigenvalue weighted by atomic mass is 10.3. The molecule has 0 radical (unpaired) electrons. The van der Waals surface area contributed by atoms with Gasteiger partial charge in [-0.15, -0.1) is 0 Å². The van der Waals surface area contributed by atoms with Crippen LogP contribution in [0.3, 0.4) is 0 Å². The van der Waals surface area contributed by atoms with Gasteiger partial charge >= 0.3 is 0 Å². The number of aliphatic imine (C=N–C) groups is 1. The SMILES string of the molecule is COCC(C)N=C(NN)Nc1cncc(C)c1. The lowest BCUT2D eigenvalue weighted by Crippen LogP contribution is -2.37. The van der Waals surface area contributed by atoms with E-state index in [0.29, 0.717) is 12.6 Å². The van der Waals surface area contributed by atoms with Gasteiger partial charge in [0.1, 0.15) is 0 Å². The predicted molar refractivity (Wildman–Crippen MR) is 68.7 cm³/mol. The van der Waals surface area contributed by atoms with Gasteiger partial charge in [-0.2, -0.15) is 0 Å². The quantitative estimate of drug-likeness (QED) is 0.310. The first kappa shape index (κ1) is 13.4. The smallest absolute Gasteiger partial charge is 0.210 e. The molecule has 0 amide bonds. The summed E-state index contributed by atoms with van der Waals surface area (Å²) in [5.41, 5.74) is 4.42. The fourth-order valence-corrected chi connectivity index (χ4v) is 1.36. The van der Waals surface area contributed by atoms with E-state index in [0.717, 1.165) is 11.3 Å². The molecule has 1 atom stereocenters. The Morgan fingerprint density at radius 2 is 2.35 bits per heavy atom. The van der Waals surface area contributed by atoms with Crippen molar-refractivity contribution in [2.75, 3.05) is 19.0 Å². The first-order valence-corrected chi connectivity index (χ1v) is 5.37. The minimum Gasteiger partial charge on any atom is -0.382 e. The fraction of sp³-hybridized carbons (Fsp3) is 0.455. The third-order valence-corrected chi connectivity index (χ3v) is 2.03. The first-order chi connectivity index (χ1) is 8.15. The molecule has 4 N–H and O–H groups in total. The molecule has 6 heteroatoms. The Morgan fingerprint density at radius 3 is 2.94 bits per heavy atom. The van der Waals surface area contributed by atoms with Crippen LogP contribution in [0.1, 0.15) is 12.5 Å². The van der Waals surface area contributed by atoms with Crippen molar-refractivity contribution in [2.24, 2.45) is 10.8 Å². The van der Waals surface area contributed by atoms with Crippen molar-refractivity contribution in [3.63, 3.8) is 0 Å². The molecule has 0 aliphatic rings. The van der Waals surface area contributed by atoms with Crippen molar-refractivity contribution in [3.05, 3.63) is 24.0 Å². The third-order valence-electron chi connectivity index (χ3n) is 2.03. The zero-order chi connectivity index (χ0) is 12.7. The van der Waals surface area contributed by atoms with Crippen LogP contribution in [0.4, 0.5) is 5.69 Å². The number of pyridine rings is 1. The molecule has 17 heavy (non-hydrogen) atoms. The van der Waals surface area contributed by atoms with E-state index in [-0.39, 0.29) is 6.04 Å². The second-order valence-corrected chi connectivity index (χ2v) is 3.80. The second-order valence-electron chi connectivity index (χ2n) is 3.80. The number of aryl methyl sites for hydroxylation is 1. The maximum absolute atomic E-state index is 5.40. The van der Waals surface area contributed by atoms with E-state index in [1.165, 1.54) is 0 Å². The first-order valence-electron chi connectivity index (χ1n) is 5.37. The van der Waals surface area contributed by atoms with Gasteiger partial charge in [-0.25, -0.2) is 10.8 Å². The highest BCUT2D eigenvalue weighted by Crippen LogP contribution is 2.06. The average Bonchev–Trinajstić information content (AvgIpc) is 2.28. The Kier molecular flexibility index (Phi) is 5.38. The van der Waals surface area contributed by atoms with E-state index in [1.54, 1.807) is 19.5 Å². The van der Waals surface area contributed by atoms with Crippen LogP contribution in [0.15, 0.2) is 23.5 Å². The molecule has 6 nitrogen and oxygen atoms in total. The Labute approximate surface area is 101 Å². The van der Waals surface area contributed by atoms with Gasteiger partial charge < -0.3 is 10.1 Å². The fourth-order valence-electron chi connectivity index (χ4n) is 1.36. The summed E-state index contributed by atoms with van der Waals surface area (Å²) in [4.78, 5) is 8.40. The highest BCUT2D eigenvalue weighted by atomic mass is 16.5. The van der Waals surface area contributed by atoms with Crippen molar-refractivity contribution < 1.29 is 4.74 Å². The number of nitrogens with one attached hydrogen (secondary N) is 2. The number of nitrogens with zero attached hydrogens (tertiary/aromatic N) is 2. The molecule has 0 bridgehead atoms. The van der Waals surface area contributed by atoms with E-state index >= 15 is 0 Å². The van der Waals surface area contributed by atoms with Crippen molar-refractivity contribution in [1.82, 2.24) is 10.4 Å². The molecule has 1 unspecified atom stereocenters. The average molecular weight is 237 g/mol. The largest absolute Gasteiger partial charge is 0.382 e. The minimum absolute atomic E-state index is 0.0244. The summed E-state index contributed by atoms with van der Waals surface area (Å²) in [6, 6.07) is 1.98. The molecule has 0 saturated carbocycles. The highest BCUT2D eigenvalue weighted by Gasteiger charge is 2.03. The van der Waals surface area contributed by atoms with Gasteiger partial charge in [0.15, 0.2) is 0 Å². The number of aromatic nitrogens is 1. The van der Waals surface area contributed by atoms with Crippen molar-refractivity contribution in [2.45, 2.75) is 19.9 Å². The number of nitrogens with two attached hydrogens (primary N) is 1. The number of rotatable bonds is 4. The molecule has 0 aromatic carbocycles. The zero-order valence-electron chi connectivity index (χ0n) is 10.4. The maximum atomic E-state index is 5.40. The number of hydrogen-bond donors (Lipinski definition) is 3. The Bertz CT molecular complexity index is 380. The second kappa shape index (κ2) is 6.82. The number of ether oxygens (including phenoxy) is 1. The molecule has 1 aromatic rings. The molecule has 0 spiro atoms. The summed E-state index contributed by atoms with van der Waals surface area (Å²) in [6.07, 6.45) is 3.49. The summed E-state index contributed by atoms with van der Waals surface area (Å²) < 4.78 is 5.00. The Balaban J connectivity index is 2.69. The van der Waals surface area contributed by atoms with Crippen LogP contribution in [0.25, 0.3) is 0 Å². The van der Waals surface area contributed by atoms with Gasteiger partial charge in [-0.05, 0) is 25.5 Å². The van der Waals surface area contributed by atoms with Crippen LogP contribution < -0.4 is 16.6 Å². The van der Waals surface area contributed by atoms with Crippen LogP contribution in [-0.2, 0) is 4.74 Å². The molecule has 1 aromatic heterocycles. The van der Waals surface area contributed by atoms with Gasteiger partial charge in [0.05, 0.1) is 24.5 Å². The lowest BCUT2D eigenvalue weighted by Gasteiger charge is -2.12. The third kappa shape index (κ3) is 4.80. The van der Waals surface area contributed by atoms with E-state index in [1.807, 2.05) is 19.9 Å². The lowest BCUT2D eigenvalue weighted by molar-refractivity contribution is 0.185. The van der Waals surface area contributed by atoms with E-state index < -0.39 is 0 Å². The summed E-state index contributed by atoms with van der Waals surface area (Å²) in [5, 5.41) is 3.05. The topological polar surface area (TPSA) is 84.6 Å². The zero-order valence-corrected chi connectivity index (χ0v) is 10.4. The maximum Gasteiger partial charge on any atom is 0.210 e. The molecule has 0 aliphatic heterocycles. The van der Waals surface area contributed by atoms with Gasteiger partial charge in [-0.3, -0.25) is 10.4 Å². The molecule has 0 saturated heterocycles. The van der Waals surface area contributed by atoms with Crippen LogP contribution in [0.2, 0.25) is 0 Å². The van der Waals surface area contributed by atoms with Gasteiger partial charge in [0, 0.05) is 13.3 Å². The van der Waals surface area contributed by atoms with E-state index in [4.69, 9.17) is 10.6 Å². The van der Waals surface area contributed by atoms with Crippen molar-refractivity contribution in [3.8, 4) is 0 Å². The van der Waals surface area contributed by atoms with Crippen LogP contribution in [0, 0.1) is 6.92 Å². The Morgan fingerprint density at radius 1 is 1.59 bits per heavy atom. The normalized spacial score (nSPS) is 13.3. The number of hydrogen-bond acceptors (Lipinski definition) is 4. The van der Waals surface area contributed by atoms with Gasteiger partial charge in [0.25, 0.3) is 0 Å². The predicted octanol–water partition coefficient (Wildman–Crippen LogP) is 0.656. The standard InChI is InChI=1S/C11H19N5O/c1-8-4-10(6-13-5-8)15-11(16-12)14-9(2)7-17-3/h4-6,9H,7,12H2,1-3H3,(H2,14,15,16). The molecule has 1 rings (SSSR count). The minimum atomic E-state index is 0.0244. The Hall–Kier alpha value is -1.66. The summed E-state index contributed by atoms with van der Waals surface area (Å²) in [6.45, 7) is 4.45. The van der Waals surface area contributed by atoms with Crippen LogP contribution in [-0.4, -0.2) is 30.7 Å². The molecule has 0 fully saturated rings. The van der Waals surface area contributed by atoms with Crippen molar-refractivity contribution >= 4 is 11.6 Å². The number of hydrazine groups is 1. The molecular formula is C11H19N5O. The van der Waals surface area contributed by atoms with E-state index in [2.05, 4.69) is 20.7 Å². The summed E-state index contributed by atoms with van der Waals surface area (Å²) in [7, 11) is 1.64. The highest BCUT2D eigenvalue weighted by molar-refractivity contribution is 5.93. The number of guanidine groups is 1. The van der Waals surface area contributed by atoms with Gasteiger partial charge in [-0.1, -0.05) is 0 Å². The molecule has 1 heterocycles. The summed E-state index contributed by atoms with van der Waals surface area (Å²) in [5.74, 6) is 5.89. The molecular weight excluding hydrogens is 218 g/mol. The monoisotopic (exact) mass is 237 g/mol. The van der Waals surface area contributed by atoms with Gasteiger partial charge in [0.2, 0.25) is 5.96 Å². The van der Waals surface area contributed by atoms with E-state index in [9.17, 15) is 0 Å². The summed E-state index contributed by atoms with van der Waals surface area (Å²) >= 11 is 0. The molecule has 0 aliphatic carbocycles. The van der Waals surface area contributed by atoms with Crippen LogP contribution in [0.5, 0.6) is 0 Å². The number of methoxy groups -OCH3 is 1.